The summed E-state index contributed by atoms with van der Waals surface area (Å²) in [6, 6.07) is 5.48. The Bertz CT molecular complexity index is 604. The van der Waals surface area contributed by atoms with Crippen molar-refractivity contribution in [3.63, 3.8) is 0 Å². The molecule has 2 rings (SSSR count). The number of benzene rings is 1. The van der Waals surface area contributed by atoms with E-state index in [9.17, 15) is 9.59 Å². The van der Waals surface area contributed by atoms with Gasteiger partial charge in [-0.05, 0) is 69.5 Å². The third kappa shape index (κ3) is 6.48. The molecule has 6 nitrogen and oxygen atoms in total. The number of rotatable bonds is 7. The Balaban J connectivity index is 1.82. The fraction of sp³-hybridized carbons (Fsp3) is 0.579. The fourth-order valence-corrected chi connectivity index (χ4v) is 3.27. The summed E-state index contributed by atoms with van der Waals surface area (Å²) in [5.41, 5.74) is 2.38. The van der Waals surface area contributed by atoms with Gasteiger partial charge in [0, 0.05) is 31.5 Å². The average Bonchev–Trinajstić information content (AvgIpc) is 2.56. The molecule has 25 heavy (non-hydrogen) atoms. The van der Waals surface area contributed by atoms with E-state index in [0.29, 0.717) is 12.3 Å². The van der Waals surface area contributed by atoms with Crippen molar-refractivity contribution in [2.24, 2.45) is 5.92 Å². The predicted molar refractivity (Wildman–Crippen MR) is 99.8 cm³/mol. The van der Waals surface area contributed by atoms with Crippen LogP contribution >= 0.6 is 0 Å². The second-order valence-electron chi connectivity index (χ2n) is 6.87. The van der Waals surface area contributed by atoms with Gasteiger partial charge in [0.05, 0.1) is 0 Å². The SMILES string of the molecule is COCC(=O)Nc1ccc(NC(=O)CCC2CCCN(C)C2)cc1C. The molecule has 6 heteroatoms. The Hall–Kier alpha value is -1.92. The minimum absolute atomic E-state index is 0.0221. The van der Waals surface area contributed by atoms with Gasteiger partial charge in [0.1, 0.15) is 6.61 Å². The van der Waals surface area contributed by atoms with Crippen molar-refractivity contribution in [3.05, 3.63) is 23.8 Å². The number of carbonyl (C=O) groups is 2. The standard InChI is InChI=1S/C19H29N3O3/c1-14-11-16(7-8-17(14)21-19(24)13-25-3)20-18(23)9-6-15-5-4-10-22(2)12-15/h7-8,11,15H,4-6,9-10,12-13H2,1-3H3,(H,20,23)(H,21,24). The van der Waals surface area contributed by atoms with Crippen molar-refractivity contribution >= 4 is 23.2 Å². The highest BCUT2D eigenvalue weighted by Gasteiger charge is 2.18. The molecule has 0 saturated carbocycles. The van der Waals surface area contributed by atoms with Gasteiger partial charge in [-0.25, -0.2) is 0 Å². The Kier molecular flexibility index (Phi) is 7.40. The van der Waals surface area contributed by atoms with Crippen molar-refractivity contribution in [2.45, 2.75) is 32.6 Å². The second-order valence-corrected chi connectivity index (χ2v) is 6.87. The molecular formula is C19H29N3O3. The van der Waals surface area contributed by atoms with Gasteiger partial charge in [-0.15, -0.1) is 0 Å². The zero-order chi connectivity index (χ0) is 18.2. The first-order valence-electron chi connectivity index (χ1n) is 8.85. The maximum absolute atomic E-state index is 12.2. The van der Waals surface area contributed by atoms with Crippen molar-refractivity contribution < 1.29 is 14.3 Å². The molecule has 0 spiro atoms. The van der Waals surface area contributed by atoms with Crippen LogP contribution in [0, 0.1) is 12.8 Å². The minimum atomic E-state index is -0.195. The van der Waals surface area contributed by atoms with Gasteiger partial charge in [-0.1, -0.05) is 0 Å². The van der Waals surface area contributed by atoms with Crippen molar-refractivity contribution in [3.8, 4) is 0 Å². The number of piperidine rings is 1. The van der Waals surface area contributed by atoms with Crippen LogP contribution in [-0.4, -0.2) is 50.6 Å². The van der Waals surface area contributed by atoms with Crippen LogP contribution in [0.2, 0.25) is 0 Å². The van der Waals surface area contributed by atoms with E-state index in [1.54, 1.807) is 6.07 Å². The smallest absolute Gasteiger partial charge is 0.250 e. The lowest BCUT2D eigenvalue weighted by molar-refractivity contribution is -0.119. The average molecular weight is 347 g/mol. The van der Waals surface area contributed by atoms with Crippen LogP contribution in [0.15, 0.2) is 18.2 Å². The lowest BCUT2D eigenvalue weighted by atomic mass is 9.93. The van der Waals surface area contributed by atoms with E-state index in [4.69, 9.17) is 4.74 Å². The van der Waals surface area contributed by atoms with Gasteiger partial charge in [0.2, 0.25) is 11.8 Å². The topological polar surface area (TPSA) is 70.7 Å². The van der Waals surface area contributed by atoms with Crippen LogP contribution in [0.1, 0.15) is 31.2 Å². The number of likely N-dealkylation sites (tertiary alicyclic amines) is 1. The molecule has 2 amide bonds. The number of hydrogen-bond donors (Lipinski definition) is 2. The van der Waals surface area contributed by atoms with E-state index in [0.717, 1.165) is 36.4 Å². The van der Waals surface area contributed by atoms with E-state index in [1.807, 2.05) is 19.1 Å². The quantitative estimate of drug-likeness (QED) is 0.795. The van der Waals surface area contributed by atoms with Crippen molar-refractivity contribution in [2.75, 3.05) is 44.5 Å². The van der Waals surface area contributed by atoms with E-state index in [-0.39, 0.29) is 18.4 Å². The summed E-state index contributed by atoms with van der Waals surface area (Å²) in [5, 5.41) is 5.73. The molecule has 1 aromatic rings. The molecule has 1 aliphatic rings. The summed E-state index contributed by atoms with van der Waals surface area (Å²) in [4.78, 5) is 26.1. The molecular weight excluding hydrogens is 318 g/mol. The van der Waals surface area contributed by atoms with Crippen LogP contribution in [0.5, 0.6) is 0 Å². The van der Waals surface area contributed by atoms with E-state index in [2.05, 4.69) is 22.6 Å². The first-order valence-corrected chi connectivity index (χ1v) is 8.85. The number of anilines is 2. The van der Waals surface area contributed by atoms with E-state index in [1.165, 1.54) is 20.0 Å². The predicted octanol–water partition coefficient (Wildman–Crippen LogP) is 2.64. The molecule has 1 saturated heterocycles. The molecule has 1 heterocycles. The highest BCUT2D eigenvalue weighted by Crippen LogP contribution is 2.22. The Labute approximate surface area is 149 Å². The van der Waals surface area contributed by atoms with Crippen LogP contribution < -0.4 is 10.6 Å². The number of nitrogens with zero attached hydrogens (tertiary/aromatic N) is 1. The van der Waals surface area contributed by atoms with Gasteiger partial charge < -0.3 is 20.3 Å². The molecule has 1 unspecified atom stereocenters. The second kappa shape index (κ2) is 9.53. The Morgan fingerprint density at radius 2 is 2.08 bits per heavy atom. The number of aryl methyl sites for hydroxylation is 1. The molecule has 1 fully saturated rings. The van der Waals surface area contributed by atoms with E-state index < -0.39 is 0 Å². The Morgan fingerprint density at radius 3 is 2.76 bits per heavy atom. The lowest BCUT2D eigenvalue weighted by Gasteiger charge is -2.29. The molecule has 0 aromatic heterocycles. The Morgan fingerprint density at radius 1 is 1.28 bits per heavy atom. The van der Waals surface area contributed by atoms with Gasteiger partial charge in [-0.3, -0.25) is 9.59 Å². The maximum Gasteiger partial charge on any atom is 0.250 e. The largest absolute Gasteiger partial charge is 0.375 e. The number of amides is 2. The van der Waals surface area contributed by atoms with Crippen molar-refractivity contribution in [1.82, 2.24) is 4.90 Å². The number of ether oxygens (including phenoxy) is 1. The zero-order valence-corrected chi connectivity index (χ0v) is 15.4. The summed E-state index contributed by atoms with van der Waals surface area (Å²) in [6.07, 6.45) is 3.91. The van der Waals surface area contributed by atoms with Crippen LogP contribution in [0.25, 0.3) is 0 Å². The molecule has 138 valence electrons. The zero-order valence-electron chi connectivity index (χ0n) is 15.4. The molecule has 1 aliphatic heterocycles. The third-order valence-electron chi connectivity index (χ3n) is 4.56. The van der Waals surface area contributed by atoms with Crippen LogP contribution in [-0.2, 0) is 14.3 Å². The summed E-state index contributed by atoms with van der Waals surface area (Å²) in [7, 11) is 3.62. The minimum Gasteiger partial charge on any atom is -0.375 e. The monoisotopic (exact) mass is 347 g/mol. The van der Waals surface area contributed by atoms with E-state index >= 15 is 0 Å². The molecule has 0 bridgehead atoms. The first kappa shape index (κ1) is 19.4. The number of methoxy groups -OCH3 is 1. The summed E-state index contributed by atoms with van der Waals surface area (Å²) >= 11 is 0. The normalized spacial score (nSPS) is 18.0. The molecule has 1 aromatic carbocycles. The summed E-state index contributed by atoms with van der Waals surface area (Å²) in [6.45, 7) is 4.17. The molecule has 2 N–H and O–H groups in total. The number of hydrogen-bond acceptors (Lipinski definition) is 4. The summed E-state index contributed by atoms with van der Waals surface area (Å²) in [5.74, 6) is 0.466. The molecule has 1 atom stereocenters. The maximum atomic E-state index is 12.2. The highest BCUT2D eigenvalue weighted by molar-refractivity contribution is 5.94. The number of nitrogens with one attached hydrogen (secondary N) is 2. The number of carbonyl (C=O) groups excluding carboxylic acids is 2. The lowest BCUT2D eigenvalue weighted by Crippen LogP contribution is -2.32. The summed E-state index contributed by atoms with van der Waals surface area (Å²) < 4.78 is 4.80. The van der Waals surface area contributed by atoms with Crippen LogP contribution in [0.3, 0.4) is 0 Å². The van der Waals surface area contributed by atoms with Gasteiger partial charge in [0.25, 0.3) is 0 Å². The van der Waals surface area contributed by atoms with Gasteiger partial charge in [0.15, 0.2) is 0 Å². The van der Waals surface area contributed by atoms with Crippen LogP contribution in [0.4, 0.5) is 11.4 Å². The van der Waals surface area contributed by atoms with Gasteiger partial charge >= 0.3 is 0 Å². The molecule has 0 aliphatic carbocycles. The van der Waals surface area contributed by atoms with Gasteiger partial charge in [-0.2, -0.15) is 0 Å². The highest BCUT2D eigenvalue weighted by atomic mass is 16.5. The third-order valence-corrected chi connectivity index (χ3v) is 4.56. The first-order chi connectivity index (χ1) is 12.0. The molecule has 0 radical (unpaired) electrons. The van der Waals surface area contributed by atoms with Crippen molar-refractivity contribution in [1.29, 1.82) is 0 Å². The fourth-order valence-electron chi connectivity index (χ4n) is 3.27.